The van der Waals surface area contributed by atoms with E-state index in [0.29, 0.717) is 18.8 Å². The van der Waals surface area contributed by atoms with Gasteiger partial charge in [-0.3, -0.25) is 9.59 Å². The number of hydrogen-bond acceptors (Lipinski definition) is 3. The van der Waals surface area contributed by atoms with E-state index in [1.807, 2.05) is 0 Å². The van der Waals surface area contributed by atoms with Crippen molar-refractivity contribution >= 4 is 11.9 Å². The molecule has 0 aromatic heterocycles. The van der Waals surface area contributed by atoms with E-state index in [9.17, 15) is 14.7 Å². The maximum absolute atomic E-state index is 12.2. The van der Waals surface area contributed by atoms with Gasteiger partial charge in [0.15, 0.2) is 0 Å². The van der Waals surface area contributed by atoms with Gasteiger partial charge in [0.25, 0.3) is 0 Å². The lowest BCUT2D eigenvalue weighted by Crippen LogP contribution is -2.47. The number of amides is 1. The first-order valence-electron chi connectivity index (χ1n) is 8.18. The summed E-state index contributed by atoms with van der Waals surface area (Å²) in [6.45, 7) is 2.42. The second-order valence-corrected chi connectivity index (χ2v) is 6.78. The highest BCUT2D eigenvalue weighted by atomic mass is 16.4. The van der Waals surface area contributed by atoms with Crippen molar-refractivity contribution in [3.05, 3.63) is 0 Å². The Morgan fingerprint density at radius 2 is 1.76 bits per heavy atom. The van der Waals surface area contributed by atoms with Crippen LogP contribution in [-0.4, -0.2) is 34.2 Å². The lowest BCUT2D eigenvalue weighted by Gasteiger charge is -2.36. The zero-order chi connectivity index (χ0) is 15.5. The fourth-order valence-electron chi connectivity index (χ4n) is 3.75. The highest BCUT2D eigenvalue weighted by molar-refractivity contribution is 5.85. The number of carboxylic acids is 1. The Morgan fingerprint density at radius 3 is 2.33 bits per heavy atom. The summed E-state index contributed by atoms with van der Waals surface area (Å²) in [6.07, 6.45) is 6.60. The molecule has 2 aliphatic carbocycles. The van der Waals surface area contributed by atoms with Crippen molar-refractivity contribution in [3.63, 3.8) is 0 Å². The van der Waals surface area contributed by atoms with Crippen LogP contribution >= 0.6 is 0 Å². The van der Waals surface area contributed by atoms with Crippen molar-refractivity contribution in [1.29, 1.82) is 0 Å². The molecule has 2 aliphatic rings. The Labute approximate surface area is 126 Å². The predicted molar refractivity (Wildman–Crippen MR) is 78.7 cm³/mol. The quantitative estimate of drug-likeness (QED) is 0.723. The van der Waals surface area contributed by atoms with Crippen LogP contribution in [0.3, 0.4) is 0 Å². The molecule has 0 bridgehead atoms. The fourth-order valence-corrected chi connectivity index (χ4v) is 3.75. The molecule has 2 atom stereocenters. The normalized spacial score (nSPS) is 36.4. The Bertz CT molecular complexity index is 388. The molecule has 0 aromatic rings. The molecule has 2 saturated carbocycles. The van der Waals surface area contributed by atoms with Crippen LogP contribution in [0.4, 0.5) is 0 Å². The smallest absolute Gasteiger partial charge is 0.307 e. The van der Waals surface area contributed by atoms with Crippen molar-refractivity contribution in [2.45, 2.75) is 63.9 Å². The van der Waals surface area contributed by atoms with Crippen molar-refractivity contribution in [2.24, 2.45) is 17.8 Å². The molecule has 0 aromatic carbocycles. The monoisotopic (exact) mass is 297 g/mol. The van der Waals surface area contributed by atoms with E-state index in [1.165, 1.54) is 0 Å². The molecule has 5 heteroatoms. The van der Waals surface area contributed by atoms with Crippen molar-refractivity contribution < 1.29 is 19.8 Å². The second-order valence-electron chi connectivity index (χ2n) is 6.78. The largest absolute Gasteiger partial charge is 0.481 e. The first-order valence-corrected chi connectivity index (χ1v) is 8.18. The predicted octanol–water partition coefficient (Wildman–Crippen LogP) is 1.93. The van der Waals surface area contributed by atoms with Gasteiger partial charge in [0, 0.05) is 6.54 Å². The van der Waals surface area contributed by atoms with Gasteiger partial charge >= 0.3 is 5.97 Å². The molecule has 0 unspecified atom stereocenters. The van der Waals surface area contributed by atoms with Crippen LogP contribution in [0.2, 0.25) is 0 Å². The summed E-state index contributed by atoms with van der Waals surface area (Å²) in [5.74, 6) is -1.39. The summed E-state index contributed by atoms with van der Waals surface area (Å²) >= 11 is 0. The summed E-state index contributed by atoms with van der Waals surface area (Å²) in [7, 11) is 0. The van der Waals surface area contributed by atoms with Gasteiger partial charge in [0.2, 0.25) is 5.91 Å². The Balaban J connectivity index is 1.82. The van der Waals surface area contributed by atoms with Crippen LogP contribution in [0.15, 0.2) is 0 Å². The van der Waals surface area contributed by atoms with E-state index in [4.69, 9.17) is 5.11 Å². The van der Waals surface area contributed by atoms with E-state index in [2.05, 4.69) is 12.2 Å². The first-order chi connectivity index (χ1) is 9.95. The summed E-state index contributed by atoms with van der Waals surface area (Å²) in [5, 5.41) is 22.4. The molecule has 3 N–H and O–H groups in total. The number of nitrogens with one attached hydrogen (secondary N) is 1. The molecule has 21 heavy (non-hydrogen) atoms. The summed E-state index contributed by atoms with van der Waals surface area (Å²) in [4.78, 5) is 23.3. The van der Waals surface area contributed by atoms with Gasteiger partial charge in [-0.25, -0.2) is 0 Å². The van der Waals surface area contributed by atoms with Crippen molar-refractivity contribution in [2.75, 3.05) is 6.54 Å². The minimum Gasteiger partial charge on any atom is -0.481 e. The number of rotatable bonds is 5. The lowest BCUT2D eigenvalue weighted by atomic mass is 9.78. The Hall–Kier alpha value is -1.10. The third-order valence-electron chi connectivity index (χ3n) is 5.37. The van der Waals surface area contributed by atoms with Gasteiger partial charge in [0.05, 0.1) is 17.4 Å². The number of carboxylic acid groups (broad SMARTS) is 1. The topological polar surface area (TPSA) is 86.6 Å². The average molecular weight is 297 g/mol. The van der Waals surface area contributed by atoms with Gasteiger partial charge in [0.1, 0.15) is 0 Å². The van der Waals surface area contributed by atoms with Gasteiger partial charge < -0.3 is 15.5 Å². The summed E-state index contributed by atoms with van der Waals surface area (Å²) < 4.78 is 0. The standard InChI is InChI=1S/C16H27NO4/c1-2-11-6-8-16(21,9-7-11)10-17-14(18)12-4-3-5-13(12)15(19)20/h11-13,21H,2-10H2,1H3,(H,17,18)(H,19,20)/t11?,12-,13+,16?/m1/s1. The van der Waals surface area contributed by atoms with Crippen molar-refractivity contribution in [1.82, 2.24) is 5.32 Å². The molecular formula is C16H27NO4. The van der Waals surface area contributed by atoms with Crippen LogP contribution in [0.25, 0.3) is 0 Å². The highest BCUT2D eigenvalue weighted by Crippen LogP contribution is 2.34. The number of aliphatic carboxylic acids is 1. The number of carbonyl (C=O) groups excluding carboxylic acids is 1. The molecular weight excluding hydrogens is 270 g/mol. The first kappa shape index (κ1) is 16.3. The fraction of sp³-hybridized carbons (Fsp3) is 0.875. The molecule has 0 aliphatic heterocycles. The summed E-state index contributed by atoms with van der Waals surface area (Å²) in [5.41, 5.74) is -0.807. The van der Waals surface area contributed by atoms with E-state index in [-0.39, 0.29) is 12.5 Å². The van der Waals surface area contributed by atoms with Crippen LogP contribution < -0.4 is 5.32 Å². The van der Waals surface area contributed by atoms with E-state index >= 15 is 0 Å². The lowest BCUT2D eigenvalue weighted by molar-refractivity contribution is -0.146. The van der Waals surface area contributed by atoms with E-state index < -0.39 is 23.4 Å². The molecule has 2 fully saturated rings. The SMILES string of the molecule is CCC1CCC(O)(CNC(=O)[C@@H]2CCC[C@@H]2C(=O)O)CC1. The maximum atomic E-state index is 12.2. The summed E-state index contributed by atoms with van der Waals surface area (Å²) in [6, 6.07) is 0. The Kier molecular flexibility index (Phi) is 5.25. The third kappa shape index (κ3) is 3.96. The molecule has 1 amide bonds. The molecule has 2 rings (SSSR count). The molecule has 0 heterocycles. The Morgan fingerprint density at radius 1 is 1.14 bits per heavy atom. The number of hydrogen-bond donors (Lipinski definition) is 3. The molecule has 0 spiro atoms. The van der Waals surface area contributed by atoms with Gasteiger partial charge in [-0.05, 0) is 44.4 Å². The zero-order valence-corrected chi connectivity index (χ0v) is 12.8. The maximum Gasteiger partial charge on any atom is 0.307 e. The van der Waals surface area contributed by atoms with Crippen LogP contribution in [0.1, 0.15) is 58.3 Å². The molecule has 120 valence electrons. The third-order valence-corrected chi connectivity index (χ3v) is 5.37. The van der Waals surface area contributed by atoms with Crippen LogP contribution in [0.5, 0.6) is 0 Å². The van der Waals surface area contributed by atoms with Gasteiger partial charge in [-0.1, -0.05) is 19.8 Å². The number of aliphatic hydroxyl groups is 1. The minimum atomic E-state index is -0.880. The van der Waals surface area contributed by atoms with Crippen molar-refractivity contribution in [3.8, 4) is 0 Å². The zero-order valence-electron chi connectivity index (χ0n) is 12.8. The second kappa shape index (κ2) is 6.77. The van der Waals surface area contributed by atoms with E-state index in [1.54, 1.807) is 0 Å². The highest BCUT2D eigenvalue weighted by Gasteiger charge is 2.39. The molecule has 0 radical (unpaired) electrons. The molecule has 0 saturated heterocycles. The van der Waals surface area contributed by atoms with Gasteiger partial charge in [-0.15, -0.1) is 0 Å². The minimum absolute atomic E-state index is 0.203. The van der Waals surface area contributed by atoms with E-state index in [0.717, 1.165) is 38.5 Å². The van der Waals surface area contributed by atoms with Gasteiger partial charge in [-0.2, -0.15) is 0 Å². The van der Waals surface area contributed by atoms with Crippen LogP contribution in [-0.2, 0) is 9.59 Å². The molecule has 5 nitrogen and oxygen atoms in total. The number of carbonyl (C=O) groups is 2. The average Bonchev–Trinajstić information content (AvgIpc) is 2.95. The van der Waals surface area contributed by atoms with Crippen LogP contribution in [0, 0.1) is 17.8 Å².